The van der Waals surface area contributed by atoms with Gasteiger partial charge in [-0.05, 0) is 12.1 Å². The fraction of sp³-hybridized carbons (Fsp3) is 0. The molecule has 12 heavy (non-hydrogen) atoms. The first-order valence-electron chi connectivity index (χ1n) is 1.85. The Bertz CT molecular complexity index is 87.9. The lowest BCUT2D eigenvalue weighted by Gasteiger charge is -1.70. The number of hydrogen-bond acceptors (Lipinski definition) is 1. The van der Waals surface area contributed by atoms with E-state index in [2.05, 4.69) is 4.98 Å². The van der Waals surface area contributed by atoms with Crippen molar-refractivity contribution in [1.82, 2.24) is 4.98 Å². The highest BCUT2D eigenvalue weighted by molar-refractivity contribution is 4.88. The molecule has 0 radical (unpaired) electrons. The smallest absolute Gasteiger partial charge is 0.0267 e. The van der Waals surface area contributed by atoms with Gasteiger partial charge in [-0.25, -0.2) is 0 Å². The Morgan fingerprint density at radius 2 is 0.833 bits per heavy atom. The number of aromatic nitrogens is 1. The van der Waals surface area contributed by atoms with Crippen molar-refractivity contribution in [2.45, 2.75) is 0 Å². The maximum absolute atomic E-state index is 3.78. The van der Waals surface area contributed by atoms with Crippen LogP contribution in [0, 0.1) is 0 Å². The second kappa shape index (κ2) is 32.6. The Labute approximate surface area is 69.5 Å². The monoisotopic (exact) mass is 187 g/mol. The summed E-state index contributed by atoms with van der Waals surface area (Å²) in [5, 5.41) is 0. The van der Waals surface area contributed by atoms with Crippen LogP contribution in [0.15, 0.2) is 30.6 Å². The Hall–Kier alpha value is -1.09. The summed E-state index contributed by atoms with van der Waals surface area (Å²) in [6.45, 7) is 0. The van der Waals surface area contributed by atoms with Crippen molar-refractivity contribution in [1.29, 1.82) is 0 Å². The SMILES string of the molecule is O.O.O.O.O.O.c1ccncc1. The zero-order valence-electron chi connectivity index (χ0n) is 6.33. The molecule has 1 aromatic heterocycles. The van der Waals surface area contributed by atoms with Gasteiger partial charge in [0.2, 0.25) is 0 Å². The third-order valence-electron chi connectivity index (χ3n) is 0.566. The van der Waals surface area contributed by atoms with E-state index in [4.69, 9.17) is 0 Å². The zero-order valence-corrected chi connectivity index (χ0v) is 6.33. The quantitative estimate of drug-likeness (QED) is 0.392. The average Bonchev–Trinajstić information content (AvgIpc) is 1.72. The van der Waals surface area contributed by atoms with Gasteiger partial charge in [-0.1, -0.05) is 6.07 Å². The van der Waals surface area contributed by atoms with Crippen molar-refractivity contribution in [3.63, 3.8) is 0 Å². The molecule has 0 bridgehead atoms. The van der Waals surface area contributed by atoms with Crippen molar-refractivity contribution in [3.8, 4) is 0 Å². The summed E-state index contributed by atoms with van der Waals surface area (Å²) in [4.78, 5) is 3.78. The van der Waals surface area contributed by atoms with Crippen LogP contribution in [0.1, 0.15) is 0 Å². The van der Waals surface area contributed by atoms with Crippen molar-refractivity contribution < 1.29 is 32.9 Å². The van der Waals surface area contributed by atoms with Crippen molar-refractivity contribution in [2.24, 2.45) is 0 Å². The van der Waals surface area contributed by atoms with E-state index in [1.54, 1.807) is 12.4 Å². The molecule has 1 heterocycles. The predicted molar refractivity (Wildman–Crippen MR) is 45.9 cm³/mol. The van der Waals surface area contributed by atoms with Crippen LogP contribution >= 0.6 is 0 Å². The van der Waals surface area contributed by atoms with Crippen LogP contribution in [0.3, 0.4) is 0 Å². The second-order valence-electron chi connectivity index (χ2n) is 1.02. The van der Waals surface area contributed by atoms with E-state index >= 15 is 0 Å². The minimum absolute atomic E-state index is 0. The lowest BCUT2D eigenvalue weighted by atomic mass is 10.5. The van der Waals surface area contributed by atoms with Crippen LogP contribution in [0.4, 0.5) is 0 Å². The molecule has 0 saturated carbocycles. The molecule has 0 aromatic carbocycles. The highest BCUT2D eigenvalue weighted by Crippen LogP contribution is 1.73. The number of rotatable bonds is 0. The van der Waals surface area contributed by atoms with Gasteiger partial charge in [0, 0.05) is 12.4 Å². The van der Waals surface area contributed by atoms with E-state index in [-0.39, 0.29) is 32.9 Å². The summed E-state index contributed by atoms with van der Waals surface area (Å²) in [5.74, 6) is 0. The molecular formula is C5H17NO6. The molecule has 0 spiro atoms. The largest absolute Gasteiger partial charge is 0.412 e. The van der Waals surface area contributed by atoms with E-state index in [0.717, 1.165) is 0 Å². The van der Waals surface area contributed by atoms with Gasteiger partial charge >= 0.3 is 0 Å². The molecule has 0 fully saturated rings. The van der Waals surface area contributed by atoms with Gasteiger partial charge in [0.15, 0.2) is 0 Å². The van der Waals surface area contributed by atoms with E-state index in [1.807, 2.05) is 18.2 Å². The van der Waals surface area contributed by atoms with E-state index < -0.39 is 0 Å². The molecule has 0 aliphatic carbocycles. The molecule has 0 aliphatic rings. The summed E-state index contributed by atoms with van der Waals surface area (Å²) in [6.07, 6.45) is 3.50. The van der Waals surface area contributed by atoms with Crippen LogP contribution in [0.25, 0.3) is 0 Å². The molecule has 0 unspecified atom stereocenters. The van der Waals surface area contributed by atoms with Gasteiger partial charge in [-0.15, -0.1) is 0 Å². The third kappa shape index (κ3) is 23.1. The predicted octanol–water partition coefficient (Wildman–Crippen LogP) is -3.87. The first-order valence-corrected chi connectivity index (χ1v) is 1.85. The summed E-state index contributed by atoms with van der Waals surface area (Å²) >= 11 is 0. The number of pyridine rings is 1. The Balaban J connectivity index is -0.0000000150. The maximum atomic E-state index is 3.78. The van der Waals surface area contributed by atoms with Gasteiger partial charge in [-0.3, -0.25) is 4.98 Å². The summed E-state index contributed by atoms with van der Waals surface area (Å²) in [6, 6.07) is 5.72. The molecule has 1 rings (SSSR count). The van der Waals surface area contributed by atoms with Crippen LogP contribution in [0.5, 0.6) is 0 Å². The molecule has 7 nitrogen and oxygen atoms in total. The normalized spacial score (nSPS) is 4.00. The lowest BCUT2D eigenvalue weighted by Crippen LogP contribution is -1.58. The molecule has 0 aliphatic heterocycles. The molecule has 78 valence electrons. The number of hydrogen-bond donors (Lipinski definition) is 0. The second-order valence-corrected chi connectivity index (χ2v) is 1.02. The van der Waals surface area contributed by atoms with E-state index in [9.17, 15) is 0 Å². The van der Waals surface area contributed by atoms with Crippen LogP contribution in [-0.2, 0) is 0 Å². The third-order valence-corrected chi connectivity index (χ3v) is 0.566. The summed E-state index contributed by atoms with van der Waals surface area (Å²) in [7, 11) is 0. The minimum atomic E-state index is 0. The van der Waals surface area contributed by atoms with Crippen LogP contribution < -0.4 is 0 Å². The Morgan fingerprint density at radius 3 is 0.917 bits per heavy atom. The van der Waals surface area contributed by atoms with Gasteiger partial charge in [0.1, 0.15) is 0 Å². The van der Waals surface area contributed by atoms with E-state index in [0.29, 0.717) is 0 Å². The number of nitrogens with zero attached hydrogens (tertiary/aromatic N) is 1. The average molecular weight is 187 g/mol. The first kappa shape index (κ1) is 44.4. The van der Waals surface area contributed by atoms with Crippen molar-refractivity contribution >= 4 is 0 Å². The molecule has 0 saturated heterocycles. The Kier molecular flexibility index (Phi) is 121. The first-order chi connectivity index (χ1) is 3.00. The molecule has 12 N–H and O–H groups in total. The van der Waals surface area contributed by atoms with Crippen LogP contribution in [-0.4, -0.2) is 37.8 Å². The van der Waals surface area contributed by atoms with Gasteiger partial charge in [0.05, 0.1) is 0 Å². The fourth-order valence-electron chi connectivity index (χ4n) is 0.313. The standard InChI is InChI=1S/C5H5N.6H2O/c1-2-4-6-5-3-1;;;;;;/h1-5H;6*1H2. The van der Waals surface area contributed by atoms with Crippen LogP contribution in [0.2, 0.25) is 0 Å². The topological polar surface area (TPSA) is 202 Å². The fourth-order valence-corrected chi connectivity index (χ4v) is 0.313. The van der Waals surface area contributed by atoms with Crippen molar-refractivity contribution in [2.75, 3.05) is 0 Å². The summed E-state index contributed by atoms with van der Waals surface area (Å²) < 4.78 is 0. The van der Waals surface area contributed by atoms with E-state index in [1.165, 1.54) is 0 Å². The molecule has 0 amide bonds. The minimum Gasteiger partial charge on any atom is -0.412 e. The highest BCUT2D eigenvalue weighted by Gasteiger charge is 1.58. The summed E-state index contributed by atoms with van der Waals surface area (Å²) in [5.41, 5.74) is 0. The van der Waals surface area contributed by atoms with Gasteiger partial charge in [0.25, 0.3) is 0 Å². The van der Waals surface area contributed by atoms with Crippen molar-refractivity contribution in [3.05, 3.63) is 30.6 Å². The van der Waals surface area contributed by atoms with Gasteiger partial charge in [-0.2, -0.15) is 0 Å². The highest BCUT2D eigenvalue weighted by atomic mass is 16.0. The lowest BCUT2D eigenvalue weighted by molar-refractivity contribution is 0.823. The maximum Gasteiger partial charge on any atom is 0.0267 e. The molecule has 0 atom stereocenters. The molecule has 1 aromatic rings. The van der Waals surface area contributed by atoms with Gasteiger partial charge < -0.3 is 32.9 Å². The molecule has 7 heteroatoms. The Morgan fingerprint density at radius 1 is 0.500 bits per heavy atom. The molecular weight excluding hydrogens is 170 g/mol. The zero-order chi connectivity index (χ0) is 4.24.